The number of fused-ring (bicyclic) bond motifs is 1. The minimum absolute atomic E-state index is 0.231. The number of thiophene rings is 1. The number of rotatable bonds is 3. The Morgan fingerprint density at radius 3 is 3.00 bits per heavy atom. The van der Waals surface area contributed by atoms with Gasteiger partial charge in [0.2, 0.25) is 0 Å². The highest BCUT2D eigenvalue weighted by molar-refractivity contribution is 8.00. The predicted molar refractivity (Wildman–Crippen MR) is 64.2 cm³/mol. The average Bonchev–Trinajstić information content (AvgIpc) is 2.62. The molecule has 0 radical (unpaired) electrons. The van der Waals surface area contributed by atoms with Crippen molar-refractivity contribution in [3.8, 4) is 0 Å². The van der Waals surface area contributed by atoms with E-state index in [1.807, 2.05) is 6.92 Å². The van der Waals surface area contributed by atoms with Gasteiger partial charge in [0.15, 0.2) is 0 Å². The molecule has 3 heteroatoms. The van der Waals surface area contributed by atoms with E-state index >= 15 is 0 Å². The lowest BCUT2D eigenvalue weighted by Crippen LogP contribution is -2.00. The smallest absolute Gasteiger partial charge is 0.0550 e. The Labute approximate surface area is 91.8 Å². The van der Waals surface area contributed by atoms with Crippen molar-refractivity contribution in [1.29, 1.82) is 0 Å². The van der Waals surface area contributed by atoms with Crippen LogP contribution in [0.15, 0.2) is 34.5 Å². The maximum atomic E-state index is 8.99. The molecule has 1 unspecified atom stereocenters. The number of aliphatic hydroxyl groups is 1. The fourth-order valence-electron chi connectivity index (χ4n) is 1.30. The van der Waals surface area contributed by atoms with Gasteiger partial charge in [-0.15, -0.1) is 23.1 Å². The molecule has 74 valence electrons. The van der Waals surface area contributed by atoms with Gasteiger partial charge in [0.1, 0.15) is 0 Å². The molecule has 0 amide bonds. The summed E-state index contributed by atoms with van der Waals surface area (Å²) in [5.74, 6) is 0. The van der Waals surface area contributed by atoms with Crippen molar-refractivity contribution in [3.63, 3.8) is 0 Å². The van der Waals surface area contributed by atoms with Crippen molar-refractivity contribution in [2.75, 3.05) is 6.61 Å². The van der Waals surface area contributed by atoms with Crippen molar-refractivity contribution < 1.29 is 5.11 Å². The van der Waals surface area contributed by atoms with E-state index in [9.17, 15) is 0 Å². The second-order valence-corrected chi connectivity index (χ2v) is 5.60. The molecular formula is C11H12OS2. The van der Waals surface area contributed by atoms with E-state index in [-0.39, 0.29) is 11.9 Å². The van der Waals surface area contributed by atoms with E-state index < -0.39 is 0 Å². The monoisotopic (exact) mass is 224 g/mol. The van der Waals surface area contributed by atoms with Gasteiger partial charge in [0.05, 0.1) is 6.61 Å². The summed E-state index contributed by atoms with van der Waals surface area (Å²) in [6.07, 6.45) is 0. The Morgan fingerprint density at radius 2 is 2.21 bits per heavy atom. The van der Waals surface area contributed by atoms with Gasteiger partial charge in [0, 0.05) is 25.6 Å². The standard InChI is InChI=1S/C11H12OS2/c1-8(6-12)14-11-7-13-10-5-3-2-4-9(10)11/h2-5,7-8,12H,6H2,1H3. The highest BCUT2D eigenvalue weighted by atomic mass is 32.2. The SMILES string of the molecule is CC(CO)Sc1csc2ccccc12. The zero-order valence-corrected chi connectivity index (χ0v) is 9.57. The summed E-state index contributed by atoms with van der Waals surface area (Å²) in [7, 11) is 0. The summed E-state index contributed by atoms with van der Waals surface area (Å²) < 4.78 is 1.32. The quantitative estimate of drug-likeness (QED) is 0.807. The largest absolute Gasteiger partial charge is 0.395 e. The molecule has 2 aromatic rings. The first kappa shape index (κ1) is 10.0. The maximum Gasteiger partial charge on any atom is 0.0550 e. The molecule has 0 aliphatic heterocycles. The lowest BCUT2D eigenvalue weighted by atomic mass is 10.3. The normalized spacial score (nSPS) is 13.3. The minimum Gasteiger partial charge on any atom is -0.395 e. The lowest BCUT2D eigenvalue weighted by Gasteiger charge is -2.05. The number of benzene rings is 1. The molecule has 1 atom stereocenters. The van der Waals surface area contributed by atoms with E-state index in [2.05, 4.69) is 29.6 Å². The molecule has 0 aliphatic carbocycles. The van der Waals surface area contributed by atoms with Crippen LogP contribution in [-0.4, -0.2) is 17.0 Å². The zero-order valence-electron chi connectivity index (χ0n) is 7.93. The van der Waals surface area contributed by atoms with Gasteiger partial charge >= 0.3 is 0 Å². The highest BCUT2D eigenvalue weighted by Crippen LogP contribution is 2.35. The van der Waals surface area contributed by atoms with Crippen LogP contribution >= 0.6 is 23.1 Å². The molecule has 0 spiro atoms. The average molecular weight is 224 g/mol. The molecule has 1 nitrogen and oxygen atoms in total. The second-order valence-electron chi connectivity index (χ2n) is 3.21. The van der Waals surface area contributed by atoms with Gasteiger partial charge in [-0.25, -0.2) is 0 Å². The zero-order chi connectivity index (χ0) is 9.97. The Hall–Kier alpha value is -0.510. The molecule has 0 saturated heterocycles. The van der Waals surface area contributed by atoms with Crippen molar-refractivity contribution >= 4 is 33.2 Å². The van der Waals surface area contributed by atoms with Crippen molar-refractivity contribution in [2.45, 2.75) is 17.1 Å². The molecule has 0 aliphatic rings. The first-order valence-electron chi connectivity index (χ1n) is 4.55. The summed E-state index contributed by atoms with van der Waals surface area (Å²) in [6, 6.07) is 8.39. The molecule has 1 aromatic carbocycles. The summed E-state index contributed by atoms with van der Waals surface area (Å²) in [6.45, 7) is 2.27. The van der Waals surface area contributed by atoms with Gasteiger partial charge in [-0.3, -0.25) is 0 Å². The molecule has 1 aromatic heterocycles. The van der Waals surface area contributed by atoms with E-state index in [0.717, 1.165) is 0 Å². The van der Waals surface area contributed by atoms with Gasteiger partial charge in [-0.2, -0.15) is 0 Å². The van der Waals surface area contributed by atoms with E-state index in [4.69, 9.17) is 5.11 Å². The van der Waals surface area contributed by atoms with Crippen LogP contribution in [0.4, 0.5) is 0 Å². The van der Waals surface area contributed by atoms with Gasteiger partial charge in [-0.05, 0) is 6.07 Å². The van der Waals surface area contributed by atoms with Gasteiger partial charge in [0.25, 0.3) is 0 Å². The number of hydrogen-bond donors (Lipinski definition) is 1. The lowest BCUT2D eigenvalue weighted by molar-refractivity contribution is 0.300. The van der Waals surface area contributed by atoms with Crippen LogP contribution in [0.2, 0.25) is 0 Å². The van der Waals surface area contributed by atoms with Gasteiger partial charge < -0.3 is 5.11 Å². The second kappa shape index (κ2) is 4.34. The Kier molecular flexibility index (Phi) is 3.11. The van der Waals surface area contributed by atoms with Crippen LogP contribution in [0.1, 0.15) is 6.92 Å². The van der Waals surface area contributed by atoms with Crippen LogP contribution in [0.3, 0.4) is 0 Å². The molecule has 0 bridgehead atoms. The molecule has 0 saturated carbocycles. The molecular weight excluding hydrogens is 212 g/mol. The minimum atomic E-state index is 0.231. The fourth-order valence-corrected chi connectivity index (χ4v) is 3.37. The van der Waals surface area contributed by atoms with Crippen molar-refractivity contribution in [3.05, 3.63) is 29.6 Å². The molecule has 0 fully saturated rings. The molecule has 14 heavy (non-hydrogen) atoms. The third kappa shape index (κ3) is 1.95. The van der Waals surface area contributed by atoms with Gasteiger partial charge in [-0.1, -0.05) is 25.1 Å². The van der Waals surface area contributed by atoms with Crippen LogP contribution in [-0.2, 0) is 0 Å². The fraction of sp³-hybridized carbons (Fsp3) is 0.273. The van der Waals surface area contributed by atoms with Crippen LogP contribution in [0.25, 0.3) is 10.1 Å². The molecule has 1 N–H and O–H groups in total. The molecule has 2 rings (SSSR count). The number of aliphatic hydroxyl groups excluding tert-OH is 1. The molecule has 1 heterocycles. The first-order chi connectivity index (χ1) is 6.81. The topological polar surface area (TPSA) is 20.2 Å². The van der Waals surface area contributed by atoms with Crippen LogP contribution < -0.4 is 0 Å². The summed E-state index contributed by atoms with van der Waals surface area (Å²) in [4.78, 5) is 1.28. The van der Waals surface area contributed by atoms with E-state index in [1.54, 1.807) is 23.1 Å². The Morgan fingerprint density at radius 1 is 1.43 bits per heavy atom. The summed E-state index contributed by atoms with van der Waals surface area (Å²) in [5, 5.41) is 12.7. The number of hydrogen-bond acceptors (Lipinski definition) is 3. The van der Waals surface area contributed by atoms with E-state index in [0.29, 0.717) is 0 Å². The third-order valence-corrected chi connectivity index (χ3v) is 4.29. The maximum absolute atomic E-state index is 8.99. The Bertz CT molecular complexity index is 422. The van der Waals surface area contributed by atoms with Crippen LogP contribution in [0, 0.1) is 0 Å². The highest BCUT2D eigenvalue weighted by Gasteiger charge is 2.07. The predicted octanol–water partition coefficient (Wildman–Crippen LogP) is 3.37. The van der Waals surface area contributed by atoms with Crippen molar-refractivity contribution in [1.82, 2.24) is 0 Å². The third-order valence-electron chi connectivity index (χ3n) is 2.03. The summed E-state index contributed by atoms with van der Waals surface area (Å²) >= 11 is 3.50. The Balaban J connectivity index is 2.33. The van der Waals surface area contributed by atoms with E-state index in [1.165, 1.54) is 15.0 Å². The van der Waals surface area contributed by atoms with Crippen molar-refractivity contribution in [2.24, 2.45) is 0 Å². The first-order valence-corrected chi connectivity index (χ1v) is 6.31. The number of thioether (sulfide) groups is 1. The van der Waals surface area contributed by atoms with Crippen LogP contribution in [0.5, 0.6) is 0 Å². The summed E-state index contributed by atoms with van der Waals surface area (Å²) in [5.41, 5.74) is 0.